The van der Waals surface area contributed by atoms with E-state index >= 15 is 0 Å². The second-order valence-electron chi connectivity index (χ2n) is 3.31. The Kier molecular flexibility index (Phi) is 2.67. The molecule has 1 aromatic heterocycles. The molecular formula is C11H12N2O2. The molecule has 0 spiro atoms. The molecule has 0 aliphatic rings. The first kappa shape index (κ1) is 9.71. The second-order valence-corrected chi connectivity index (χ2v) is 3.31. The van der Waals surface area contributed by atoms with E-state index in [1.165, 1.54) is 0 Å². The molecule has 0 atom stereocenters. The lowest BCUT2D eigenvalue weighted by atomic mass is 10.2. The van der Waals surface area contributed by atoms with E-state index < -0.39 is 0 Å². The summed E-state index contributed by atoms with van der Waals surface area (Å²) in [5.41, 5.74) is 0.765. The molecule has 1 N–H and O–H groups in total. The number of phenols is 1. The first-order valence-electron chi connectivity index (χ1n) is 4.91. The molecule has 0 saturated heterocycles. The van der Waals surface area contributed by atoms with E-state index in [-0.39, 0.29) is 5.75 Å². The van der Waals surface area contributed by atoms with Gasteiger partial charge in [-0.1, -0.05) is 24.2 Å². The molecule has 2 rings (SSSR count). The predicted octanol–water partition coefficient (Wildman–Crippen LogP) is 2.39. The monoisotopic (exact) mass is 204 g/mol. The van der Waals surface area contributed by atoms with Gasteiger partial charge in [-0.25, -0.2) is 0 Å². The standard InChI is InChI=1S/C11H12N2O2/c1-2-4-10-12-11(13-15-10)8-5-3-6-9(14)7-8/h3,5-7,14H,2,4H2,1H3. The van der Waals surface area contributed by atoms with Crippen molar-refractivity contribution < 1.29 is 9.63 Å². The van der Waals surface area contributed by atoms with Crippen LogP contribution in [-0.4, -0.2) is 15.2 Å². The molecule has 0 fully saturated rings. The van der Waals surface area contributed by atoms with Crippen LogP contribution in [0.15, 0.2) is 28.8 Å². The number of hydrogen-bond donors (Lipinski definition) is 1. The van der Waals surface area contributed by atoms with E-state index in [2.05, 4.69) is 17.1 Å². The highest BCUT2D eigenvalue weighted by molar-refractivity contribution is 5.56. The van der Waals surface area contributed by atoms with Crippen LogP contribution in [-0.2, 0) is 6.42 Å². The van der Waals surface area contributed by atoms with Crippen molar-refractivity contribution in [3.05, 3.63) is 30.2 Å². The highest BCUT2D eigenvalue weighted by Gasteiger charge is 2.07. The van der Waals surface area contributed by atoms with Crippen molar-refractivity contribution in [2.24, 2.45) is 0 Å². The van der Waals surface area contributed by atoms with Crippen molar-refractivity contribution >= 4 is 0 Å². The lowest BCUT2D eigenvalue weighted by molar-refractivity contribution is 0.378. The number of rotatable bonds is 3. The molecule has 4 nitrogen and oxygen atoms in total. The number of aromatic hydroxyl groups is 1. The maximum absolute atomic E-state index is 9.30. The normalized spacial score (nSPS) is 10.5. The fraction of sp³-hybridized carbons (Fsp3) is 0.273. The van der Waals surface area contributed by atoms with Gasteiger partial charge >= 0.3 is 0 Å². The zero-order valence-corrected chi connectivity index (χ0v) is 8.47. The summed E-state index contributed by atoms with van der Waals surface area (Å²) in [4.78, 5) is 4.22. The van der Waals surface area contributed by atoms with Gasteiger partial charge in [-0.15, -0.1) is 0 Å². The molecule has 1 aromatic carbocycles. The van der Waals surface area contributed by atoms with Gasteiger partial charge in [0.1, 0.15) is 5.75 Å². The minimum absolute atomic E-state index is 0.203. The van der Waals surface area contributed by atoms with Crippen LogP contribution >= 0.6 is 0 Å². The van der Waals surface area contributed by atoms with Gasteiger partial charge in [0.25, 0.3) is 0 Å². The first-order chi connectivity index (χ1) is 7.29. The highest BCUT2D eigenvalue weighted by Crippen LogP contribution is 2.20. The Morgan fingerprint density at radius 1 is 1.40 bits per heavy atom. The number of hydrogen-bond acceptors (Lipinski definition) is 4. The van der Waals surface area contributed by atoms with Gasteiger partial charge in [-0.3, -0.25) is 0 Å². The van der Waals surface area contributed by atoms with Crippen LogP contribution in [0, 0.1) is 0 Å². The minimum Gasteiger partial charge on any atom is -0.508 e. The Balaban J connectivity index is 2.29. The maximum Gasteiger partial charge on any atom is 0.226 e. The molecule has 0 aliphatic heterocycles. The predicted molar refractivity (Wildman–Crippen MR) is 55.4 cm³/mol. The summed E-state index contributed by atoms with van der Waals surface area (Å²) in [6.45, 7) is 2.05. The fourth-order valence-electron chi connectivity index (χ4n) is 1.33. The van der Waals surface area contributed by atoms with E-state index in [9.17, 15) is 5.11 Å². The number of nitrogens with zero attached hydrogens (tertiary/aromatic N) is 2. The minimum atomic E-state index is 0.203. The lowest BCUT2D eigenvalue weighted by Crippen LogP contribution is -1.83. The van der Waals surface area contributed by atoms with Gasteiger partial charge in [0.2, 0.25) is 11.7 Å². The van der Waals surface area contributed by atoms with Crippen LogP contribution < -0.4 is 0 Å². The number of phenolic OH excluding ortho intramolecular Hbond substituents is 1. The number of aryl methyl sites for hydroxylation is 1. The molecule has 0 aliphatic carbocycles. The Morgan fingerprint density at radius 3 is 3.00 bits per heavy atom. The average molecular weight is 204 g/mol. The van der Waals surface area contributed by atoms with Gasteiger partial charge in [-0.05, 0) is 18.6 Å². The largest absolute Gasteiger partial charge is 0.508 e. The third kappa shape index (κ3) is 2.15. The molecule has 15 heavy (non-hydrogen) atoms. The Morgan fingerprint density at radius 2 is 2.27 bits per heavy atom. The molecule has 0 bridgehead atoms. The van der Waals surface area contributed by atoms with Crippen LogP contribution in [0.25, 0.3) is 11.4 Å². The Hall–Kier alpha value is -1.84. The molecule has 0 unspecified atom stereocenters. The van der Waals surface area contributed by atoms with Gasteiger partial charge in [-0.2, -0.15) is 4.98 Å². The van der Waals surface area contributed by atoms with Crippen molar-refractivity contribution in [2.45, 2.75) is 19.8 Å². The molecule has 4 heteroatoms. The van der Waals surface area contributed by atoms with Crippen molar-refractivity contribution in [3.63, 3.8) is 0 Å². The van der Waals surface area contributed by atoms with E-state index in [4.69, 9.17) is 4.52 Å². The van der Waals surface area contributed by atoms with Crippen LogP contribution in [0.1, 0.15) is 19.2 Å². The fourth-order valence-corrected chi connectivity index (χ4v) is 1.33. The molecule has 78 valence electrons. The molecular weight excluding hydrogens is 192 g/mol. The van der Waals surface area contributed by atoms with Gasteiger partial charge in [0.05, 0.1) is 0 Å². The second kappa shape index (κ2) is 4.13. The van der Waals surface area contributed by atoms with Crippen LogP contribution in [0.5, 0.6) is 5.75 Å². The Bertz CT molecular complexity index is 451. The number of benzene rings is 1. The van der Waals surface area contributed by atoms with Crippen molar-refractivity contribution in [3.8, 4) is 17.1 Å². The van der Waals surface area contributed by atoms with Crippen molar-refractivity contribution in [2.75, 3.05) is 0 Å². The third-order valence-corrected chi connectivity index (χ3v) is 2.04. The summed E-state index contributed by atoms with van der Waals surface area (Å²) in [6.07, 6.45) is 1.76. The highest BCUT2D eigenvalue weighted by atomic mass is 16.5. The van der Waals surface area contributed by atoms with E-state index in [0.29, 0.717) is 11.7 Å². The zero-order chi connectivity index (χ0) is 10.7. The summed E-state index contributed by atoms with van der Waals surface area (Å²) >= 11 is 0. The molecule has 1 heterocycles. The average Bonchev–Trinajstić information content (AvgIpc) is 2.67. The molecule has 0 saturated carbocycles. The number of aromatic nitrogens is 2. The summed E-state index contributed by atoms with van der Waals surface area (Å²) < 4.78 is 5.06. The quantitative estimate of drug-likeness (QED) is 0.833. The Labute approximate surface area is 87.6 Å². The smallest absolute Gasteiger partial charge is 0.226 e. The molecule has 0 amide bonds. The summed E-state index contributed by atoms with van der Waals surface area (Å²) in [7, 11) is 0. The van der Waals surface area contributed by atoms with E-state index in [0.717, 1.165) is 18.4 Å². The summed E-state index contributed by atoms with van der Waals surface area (Å²) in [6, 6.07) is 6.80. The van der Waals surface area contributed by atoms with Crippen LogP contribution in [0.3, 0.4) is 0 Å². The summed E-state index contributed by atoms with van der Waals surface area (Å²) in [5, 5.41) is 13.1. The third-order valence-electron chi connectivity index (χ3n) is 2.04. The molecule has 2 aromatic rings. The van der Waals surface area contributed by atoms with E-state index in [1.807, 2.05) is 6.07 Å². The molecule has 0 radical (unpaired) electrons. The SMILES string of the molecule is CCCc1nc(-c2cccc(O)c2)no1. The van der Waals surface area contributed by atoms with Crippen molar-refractivity contribution in [1.29, 1.82) is 0 Å². The van der Waals surface area contributed by atoms with Gasteiger partial charge in [0.15, 0.2) is 0 Å². The zero-order valence-electron chi connectivity index (χ0n) is 8.47. The van der Waals surface area contributed by atoms with Gasteiger partial charge < -0.3 is 9.63 Å². The maximum atomic E-state index is 9.30. The van der Waals surface area contributed by atoms with Crippen molar-refractivity contribution in [1.82, 2.24) is 10.1 Å². The van der Waals surface area contributed by atoms with Crippen LogP contribution in [0.2, 0.25) is 0 Å². The van der Waals surface area contributed by atoms with Crippen LogP contribution in [0.4, 0.5) is 0 Å². The topological polar surface area (TPSA) is 59.2 Å². The van der Waals surface area contributed by atoms with Gasteiger partial charge in [0, 0.05) is 12.0 Å². The van der Waals surface area contributed by atoms with E-state index in [1.54, 1.807) is 18.2 Å². The first-order valence-corrected chi connectivity index (χ1v) is 4.91. The lowest BCUT2D eigenvalue weighted by Gasteiger charge is -1.94. The summed E-state index contributed by atoms with van der Waals surface area (Å²) in [5.74, 6) is 1.36.